The molecule has 0 saturated carbocycles. The Morgan fingerprint density at radius 1 is 1.47 bits per heavy atom. The van der Waals surface area contributed by atoms with Crippen LogP contribution in [0.15, 0.2) is 34.2 Å². The van der Waals surface area contributed by atoms with Crippen LogP contribution in [0, 0.1) is 6.92 Å². The Morgan fingerprint density at radius 2 is 2.29 bits per heavy atom. The minimum Gasteiger partial charge on any atom is -0.313 e. The molecule has 0 radical (unpaired) electrons. The van der Waals surface area contributed by atoms with Crippen molar-refractivity contribution in [2.45, 2.75) is 19.4 Å². The highest BCUT2D eigenvalue weighted by Crippen LogP contribution is 2.27. The van der Waals surface area contributed by atoms with Gasteiger partial charge in [0.1, 0.15) is 0 Å². The second-order valence-electron chi connectivity index (χ2n) is 3.93. The number of benzene rings is 1. The fourth-order valence-electron chi connectivity index (χ4n) is 1.90. The van der Waals surface area contributed by atoms with E-state index in [4.69, 9.17) is 0 Å². The Bertz CT molecular complexity index is 482. The molecule has 2 nitrogen and oxygen atoms in total. The summed E-state index contributed by atoms with van der Waals surface area (Å²) in [6.07, 6.45) is 2.80. The second-order valence-corrected chi connectivity index (χ2v) is 5.76. The van der Waals surface area contributed by atoms with Crippen molar-refractivity contribution in [1.29, 1.82) is 0 Å². The van der Waals surface area contributed by atoms with Gasteiger partial charge in [0, 0.05) is 28.5 Å². The first-order valence-electron chi connectivity index (χ1n) is 5.53. The molecule has 0 aliphatic carbocycles. The van der Waals surface area contributed by atoms with Gasteiger partial charge in [-0.15, -0.1) is 11.3 Å². The fraction of sp³-hybridized carbons (Fsp3) is 0.308. The maximum Gasteiger partial charge on any atom is 0.0943 e. The summed E-state index contributed by atoms with van der Waals surface area (Å²) in [7, 11) is 2.00. The van der Waals surface area contributed by atoms with E-state index in [0.717, 1.165) is 10.9 Å². The van der Waals surface area contributed by atoms with Gasteiger partial charge in [0.15, 0.2) is 0 Å². The van der Waals surface area contributed by atoms with Gasteiger partial charge >= 0.3 is 0 Å². The Morgan fingerprint density at radius 3 is 2.94 bits per heavy atom. The van der Waals surface area contributed by atoms with Crippen LogP contribution in [0.3, 0.4) is 0 Å². The standard InChI is InChI=1S/C13H15BrN2S/c1-9-10(4-3-5-11(9)14)12(15-2)8-13-16-6-7-17-13/h3-7,12,15H,8H2,1-2H3. The molecule has 0 aliphatic heterocycles. The van der Waals surface area contributed by atoms with Crippen LogP contribution in [0.25, 0.3) is 0 Å². The van der Waals surface area contributed by atoms with Gasteiger partial charge in [-0.25, -0.2) is 4.98 Å². The maximum atomic E-state index is 4.35. The van der Waals surface area contributed by atoms with Gasteiger partial charge in [0.2, 0.25) is 0 Å². The number of rotatable bonds is 4. The lowest BCUT2D eigenvalue weighted by atomic mass is 9.99. The van der Waals surface area contributed by atoms with E-state index >= 15 is 0 Å². The Hall–Kier alpha value is -0.710. The summed E-state index contributed by atoms with van der Waals surface area (Å²) in [5.41, 5.74) is 2.63. The Labute approximate surface area is 114 Å². The molecule has 0 fully saturated rings. The van der Waals surface area contributed by atoms with Crippen molar-refractivity contribution in [3.05, 3.63) is 50.4 Å². The molecule has 1 atom stereocenters. The van der Waals surface area contributed by atoms with Gasteiger partial charge < -0.3 is 5.32 Å². The zero-order valence-electron chi connectivity index (χ0n) is 9.90. The molecule has 1 aromatic carbocycles. The van der Waals surface area contributed by atoms with Crippen molar-refractivity contribution in [3.63, 3.8) is 0 Å². The molecule has 17 heavy (non-hydrogen) atoms. The summed E-state index contributed by atoms with van der Waals surface area (Å²) >= 11 is 5.29. The minimum absolute atomic E-state index is 0.318. The molecule has 1 aromatic heterocycles. The van der Waals surface area contributed by atoms with E-state index in [1.807, 2.05) is 18.6 Å². The van der Waals surface area contributed by atoms with E-state index in [0.29, 0.717) is 6.04 Å². The van der Waals surface area contributed by atoms with E-state index in [1.54, 1.807) is 11.3 Å². The van der Waals surface area contributed by atoms with Crippen LogP contribution in [0.4, 0.5) is 0 Å². The van der Waals surface area contributed by atoms with Crippen LogP contribution >= 0.6 is 27.3 Å². The molecule has 0 bridgehead atoms. The van der Waals surface area contributed by atoms with Gasteiger partial charge in [0.25, 0.3) is 0 Å². The highest BCUT2D eigenvalue weighted by molar-refractivity contribution is 9.10. The summed E-state index contributed by atoms with van der Waals surface area (Å²) < 4.78 is 1.16. The fourth-order valence-corrected chi connectivity index (χ4v) is 2.94. The largest absolute Gasteiger partial charge is 0.313 e. The summed E-state index contributed by atoms with van der Waals surface area (Å²) in [4.78, 5) is 4.35. The first kappa shape index (κ1) is 12.7. The van der Waals surface area contributed by atoms with Gasteiger partial charge in [-0.2, -0.15) is 0 Å². The van der Waals surface area contributed by atoms with E-state index in [1.165, 1.54) is 16.1 Å². The molecule has 4 heteroatoms. The van der Waals surface area contributed by atoms with Crippen LogP contribution in [-0.2, 0) is 6.42 Å². The van der Waals surface area contributed by atoms with E-state index in [9.17, 15) is 0 Å². The molecule has 1 N–H and O–H groups in total. The first-order chi connectivity index (χ1) is 8.22. The van der Waals surface area contributed by atoms with E-state index in [2.05, 4.69) is 51.4 Å². The van der Waals surface area contributed by atoms with Crippen LogP contribution < -0.4 is 5.32 Å². The number of thiazole rings is 1. The minimum atomic E-state index is 0.318. The third-order valence-corrected chi connectivity index (χ3v) is 4.56. The van der Waals surface area contributed by atoms with E-state index < -0.39 is 0 Å². The van der Waals surface area contributed by atoms with Crippen LogP contribution in [0.5, 0.6) is 0 Å². The van der Waals surface area contributed by atoms with Crippen molar-refractivity contribution in [2.75, 3.05) is 7.05 Å². The van der Waals surface area contributed by atoms with Crippen molar-refractivity contribution >= 4 is 27.3 Å². The molecule has 0 amide bonds. The first-order valence-corrected chi connectivity index (χ1v) is 7.20. The number of likely N-dealkylation sites (N-methyl/N-ethyl adjacent to an activating group) is 1. The Kier molecular flexibility index (Phi) is 4.31. The second kappa shape index (κ2) is 5.76. The molecule has 0 aliphatic rings. The molecule has 0 saturated heterocycles. The van der Waals surface area contributed by atoms with Gasteiger partial charge in [-0.3, -0.25) is 0 Å². The SMILES string of the molecule is CNC(Cc1nccs1)c1cccc(Br)c1C. The molecular formula is C13H15BrN2S. The van der Waals surface area contributed by atoms with Crippen LogP contribution in [0.2, 0.25) is 0 Å². The Balaban J connectivity index is 2.26. The predicted molar refractivity (Wildman–Crippen MR) is 76.5 cm³/mol. The third-order valence-electron chi connectivity index (χ3n) is 2.90. The smallest absolute Gasteiger partial charge is 0.0943 e. The number of hydrogen-bond donors (Lipinski definition) is 1. The van der Waals surface area contributed by atoms with Gasteiger partial charge in [0.05, 0.1) is 5.01 Å². The van der Waals surface area contributed by atoms with Crippen molar-refractivity contribution in [1.82, 2.24) is 10.3 Å². The highest BCUT2D eigenvalue weighted by Gasteiger charge is 2.14. The summed E-state index contributed by atoms with van der Waals surface area (Å²) in [5.74, 6) is 0. The molecule has 2 aromatic rings. The number of nitrogens with one attached hydrogen (secondary N) is 1. The maximum absolute atomic E-state index is 4.35. The van der Waals surface area contributed by atoms with Crippen LogP contribution in [-0.4, -0.2) is 12.0 Å². The number of nitrogens with zero attached hydrogens (tertiary/aromatic N) is 1. The number of halogens is 1. The molecule has 0 spiro atoms. The zero-order chi connectivity index (χ0) is 12.3. The van der Waals surface area contributed by atoms with Crippen molar-refractivity contribution < 1.29 is 0 Å². The summed E-state index contributed by atoms with van der Waals surface area (Å²) in [6.45, 7) is 2.14. The summed E-state index contributed by atoms with van der Waals surface area (Å²) in [5, 5.41) is 6.56. The molecule has 1 heterocycles. The lowest BCUT2D eigenvalue weighted by Gasteiger charge is -2.18. The normalized spacial score (nSPS) is 12.6. The van der Waals surface area contributed by atoms with Crippen molar-refractivity contribution in [3.8, 4) is 0 Å². The highest BCUT2D eigenvalue weighted by atomic mass is 79.9. The zero-order valence-corrected chi connectivity index (χ0v) is 12.3. The summed E-state index contributed by atoms with van der Waals surface area (Å²) in [6, 6.07) is 6.65. The number of hydrogen-bond acceptors (Lipinski definition) is 3. The molecule has 1 unspecified atom stereocenters. The van der Waals surface area contributed by atoms with E-state index in [-0.39, 0.29) is 0 Å². The lowest BCUT2D eigenvalue weighted by molar-refractivity contribution is 0.587. The molecule has 90 valence electrons. The quantitative estimate of drug-likeness (QED) is 0.931. The predicted octanol–water partition coefficient (Wildman–Crippen LogP) is 3.72. The van der Waals surface area contributed by atoms with Crippen molar-refractivity contribution in [2.24, 2.45) is 0 Å². The average Bonchev–Trinajstić information content (AvgIpc) is 2.83. The van der Waals surface area contributed by atoms with Gasteiger partial charge in [-0.1, -0.05) is 28.1 Å². The lowest BCUT2D eigenvalue weighted by Crippen LogP contribution is -2.19. The molecular weight excluding hydrogens is 296 g/mol. The topological polar surface area (TPSA) is 24.9 Å². The number of aromatic nitrogens is 1. The van der Waals surface area contributed by atoms with Gasteiger partial charge in [-0.05, 0) is 31.2 Å². The molecule has 2 rings (SSSR count). The average molecular weight is 311 g/mol. The third kappa shape index (κ3) is 2.94. The van der Waals surface area contributed by atoms with Crippen LogP contribution in [0.1, 0.15) is 22.2 Å². The monoisotopic (exact) mass is 310 g/mol.